The van der Waals surface area contributed by atoms with Crippen molar-refractivity contribution in [3.05, 3.63) is 0 Å². The zero-order valence-electron chi connectivity index (χ0n) is 12.0. The molecule has 2 aliphatic carbocycles. The molecule has 2 fully saturated rings. The van der Waals surface area contributed by atoms with Crippen LogP contribution in [0.2, 0.25) is 0 Å². The number of fused-ring (bicyclic) bond motifs is 2. The van der Waals surface area contributed by atoms with Gasteiger partial charge in [0, 0.05) is 5.41 Å². The molecule has 0 aromatic rings. The summed E-state index contributed by atoms with van der Waals surface area (Å²) in [5.74, 6) is 0.261. The van der Waals surface area contributed by atoms with E-state index >= 15 is 0 Å². The number of rotatable bonds is 3. The molecule has 4 nitrogen and oxygen atoms in total. The predicted octanol–water partition coefficient (Wildman–Crippen LogP) is 1.19. The van der Waals surface area contributed by atoms with Gasteiger partial charge in [-0.2, -0.15) is 0 Å². The van der Waals surface area contributed by atoms with E-state index in [9.17, 15) is 9.59 Å². The van der Waals surface area contributed by atoms with Crippen molar-refractivity contribution in [3.63, 3.8) is 0 Å². The van der Waals surface area contributed by atoms with Gasteiger partial charge in [-0.05, 0) is 38.1 Å². The summed E-state index contributed by atoms with van der Waals surface area (Å²) in [6, 6.07) is -0.543. The highest BCUT2D eigenvalue weighted by molar-refractivity contribution is 5.95. The average Bonchev–Trinajstić information content (AvgIpc) is 2.59. The van der Waals surface area contributed by atoms with Crippen LogP contribution >= 0.6 is 0 Å². The lowest BCUT2D eigenvalue weighted by atomic mass is 9.70. The lowest BCUT2D eigenvalue weighted by molar-refractivity contribution is -0.134. The summed E-state index contributed by atoms with van der Waals surface area (Å²) < 4.78 is 0. The van der Waals surface area contributed by atoms with Gasteiger partial charge in [-0.25, -0.2) is 0 Å². The van der Waals surface area contributed by atoms with Crippen molar-refractivity contribution in [2.45, 2.75) is 52.6 Å². The molecule has 2 N–H and O–H groups in total. The van der Waals surface area contributed by atoms with Crippen molar-refractivity contribution >= 4 is 11.7 Å². The Morgan fingerprint density at radius 1 is 1.44 bits per heavy atom. The highest BCUT2D eigenvalue weighted by Gasteiger charge is 2.67. The quantitative estimate of drug-likeness (QED) is 0.820. The summed E-state index contributed by atoms with van der Waals surface area (Å²) >= 11 is 0. The Kier molecular flexibility index (Phi) is 2.85. The molecular weight excluding hydrogens is 228 g/mol. The normalized spacial score (nSPS) is 39.3. The summed E-state index contributed by atoms with van der Waals surface area (Å²) in [7, 11) is 1.85. The van der Waals surface area contributed by atoms with Crippen molar-refractivity contribution in [2.24, 2.45) is 22.5 Å². The fourth-order valence-electron chi connectivity index (χ4n) is 3.95. The lowest BCUT2D eigenvalue weighted by Gasteiger charge is -2.34. The fourth-order valence-corrected chi connectivity index (χ4v) is 3.95. The largest absolute Gasteiger partial charge is 0.368 e. The minimum Gasteiger partial charge on any atom is -0.368 e. The van der Waals surface area contributed by atoms with E-state index in [-0.39, 0.29) is 22.8 Å². The summed E-state index contributed by atoms with van der Waals surface area (Å²) in [4.78, 5) is 25.9. The number of nitrogens with two attached hydrogens (primary N) is 1. The average molecular weight is 252 g/mol. The minimum absolute atomic E-state index is 0.0143. The molecule has 0 aromatic carbocycles. The molecule has 102 valence electrons. The van der Waals surface area contributed by atoms with Crippen LogP contribution in [0.25, 0.3) is 0 Å². The Morgan fingerprint density at radius 2 is 2.00 bits per heavy atom. The van der Waals surface area contributed by atoms with Crippen molar-refractivity contribution in [1.82, 2.24) is 4.90 Å². The van der Waals surface area contributed by atoms with Crippen molar-refractivity contribution < 1.29 is 9.59 Å². The monoisotopic (exact) mass is 252 g/mol. The SMILES string of the molecule is CC(C(N)=O)N(C)C1C(=O)[C@@]2(C)CC[C@@H]1C2(C)C. The maximum atomic E-state index is 12.7. The molecule has 2 saturated carbocycles. The van der Waals surface area contributed by atoms with Crippen LogP contribution in [0, 0.1) is 16.7 Å². The molecule has 4 heteroatoms. The van der Waals surface area contributed by atoms with Crippen LogP contribution in [0.3, 0.4) is 0 Å². The fraction of sp³-hybridized carbons (Fsp3) is 0.857. The molecule has 0 saturated heterocycles. The molecule has 0 aliphatic heterocycles. The van der Waals surface area contributed by atoms with Crippen LogP contribution in [-0.4, -0.2) is 35.7 Å². The zero-order valence-corrected chi connectivity index (χ0v) is 12.0. The number of hydrogen-bond donors (Lipinski definition) is 1. The second kappa shape index (κ2) is 3.80. The van der Waals surface area contributed by atoms with Gasteiger partial charge in [0.15, 0.2) is 5.78 Å². The third-order valence-electron chi connectivity index (χ3n) is 5.96. The zero-order chi connectivity index (χ0) is 13.9. The second-order valence-electron chi connectivity index (χ2n) is 6.75. The standard InChI is InChI=1S/C14H24N2O2/c1-8(12(15)18)16(5)10-9-6-7-14(4,11(10)17)13(9,2)3/h8-10H,6-7H2,1-5H3,(H2,15,18)/t8?,9-,10?,14+/m0/s1. The Morgan fingerprint density at radius 3 is 2.39 bits per heavy atom. The van der Waals surface area contributed by atoms with E-state index in [1.807, 2.05) is 11.9 Å². The number of likely N-dealkylation sites (N-methyl/N-ethyl adjacent to an activating group) is 1. The topological polar surface area (TPSA) is 63.4 Å². The van der Waals surface area contributed by atoms with E-state index < -0.39 is 6.04 Å². The Balaban J connectivity index is 2.33. The Hall–Kier alpha value is -0.900. The molecule has 4 atom stereocenters. The maximum absolute atomic E-state index is 12.7. The molecule has 18 heavy (non-hydrogen) atoms. The molecule has 0 aromatic heterocycles. The van der Waals surface area contributed by atoms with Gasteiger partial charge in [-0.15, -0.1) is 0 Å². The van der Waals surface area contributed by atoms with Crippen molar-refractivity contribution in [1.29, 1.82) is 0 Å². The molecular formula is C14H24N2O2. The van der Waals surface area contributed by atoms with Gasteiger partial charge in [0.2, 0.25) is 5.91 Å². The first-order valence-electron chi connectivity index (χ1n) is 6.70. The first-order chi connectivity index (χ1) is 8.14. The number of carbonyl (C=O) groups is 2. The molecule has 1 amide bonds. The van der Waals surface area contributed by atoms with Gasteiger partial charge >= 0.3 is 0 Å². The van der Waals surface area contributed by atoms with Gasteiger partial charge in [0.25, 0.3) is 0 Å². The highest BCUT2D eigenvalue weighted by Crippen LogP contribution is 2.64. The predicted molar refractivity (Wildman–Crippen MR) is 69.8 cm³/mol. The third kappa shape index (κ3) is 1.41. The van der Waals surface area contributed by atoms with E-state index in [2.05, 4.69) is 20.8 Å². The Bertz CT molecular complexity index is 405. The number of ketones is 1. The third-order valence-corrected chi connectivity index (χ3v) is 5.96. The van der Waals surface area contributed by atoms with Gasteiger partial charge < -0.3 is 5.73 Å². The van der Waals surface area contributed by atoms with E-state index in [0.717, 1.165) is 12.8 Å². The second-order valence-corrected chi connectivity index (χ2v) is 6.75. The van der Waals surface area contributed by atoms with E-state index in [1.165, 1.54) is 0 Å². The van der Waals surface area contributed by atoms with Crippen LogP contribution in [0.1, 0.15) is 40.5 Å². The number of hydrogen-bond acceptors (Lipinski definition) is 3. The van der Waals surface area contributed by atoms with Crippen LogP contribution in [-0.2, 0) is 9.59 Å². The summed E-state index contributed by atoms with van der Waals surface area (Å²) in [5, 5.41) is 0. The van der Waals surface area contributed by atoms with Crippen LogP contribution in [0.5, 0.6) is 0 Å². The van der Waals surface area contributed by atoms with E-state index in [4.69, 9.17) is 5.73 Å². The Labute approximate surface area is 109 Å². The summed E-state index contributed by atoms with van der Waals surface area (Å²) in [6.07, 6.45) is 2.04. The summed E-state index contributed by atoms with van der Waals surface area (Å²) in [5.41, 5.74) is 5.13. The van der Waals surface area contributed by atoms with E-state index in [0.29, 0.717) is 11.7 Å². The molecule has 2 aliphatic rings. The molecule has 2 bridgehead atoms. The smallest absolute Gasteiger partial charge is 0.234 e. The molecule has 2 rings (SSSR count). The molecule has 0 radical (unpaired) electrons. The number of nitrogens with zero attached hydrogens (tertiary/aromatic N) is 1. The number of amides is 1. The van der Waals surface area contributed by atoms with Crippen molar-refractivity contribution in [3.8, 4) is 0 Å². The minimum atomic E-state index is -0.391. The molecule has 2 unspecified atom stereocenters. The number of carbonyl (C=O) groups excluding carboxylic acids is 2. The first-order valence-corrected chi connectivity index (χ1v) is 6.70. The maximum Gasteiger partial charge on any atom is 0.234 e. The van der Waals surface area contributed by atoms with Gasteiger partial charge in [0.1, 0.15) is 0 Å². The van der Waals surface area contributed by atoms with Crippen molar-refractivity contribution in [2.75, 3.05) is 7.05 Å². The van der Waals surface area contributed by atoms with Gasteiger partial charge in [0.05, 0.1) is 12.1 Å². The van der Waals surface area contributed by atoms with Gasteiger partial charge in [-0.1, -0.05) is 20.8 Å². The van der Waals surface area contributed by atoms with Gasteiger partial charge in [-0.3, -0.25) is 14.5 Å². The van der Waals surface area contributed by atoms with Crippen LogP contribution < -0.4 is 5.73 Å². The summed E-state index contributed by atoms with van der Waals surface area (Å²) in [6.45, 7) is 8.23. The molecule has 0 heterocycles. The number of primary amides is 1. The first kappa shape index (κ1) is 13.5. The lowest BCUT2D eigenvalue weighted by Crippen LogP contribution is -2.52. The van der Waals surface area contributed by atoms with E-state index in [1.54, 1.807) is 6.92 Å². The van der Waals surface area contributed by atoms with Crippen LogP contribution in [0.15, 0.2) is 0 Å². The number of Topliss-reactive ketones (excluding diaryl/α,β-unsaturated/α-hetero) is 1. The van der Waals surface area contributed by atoms with Crippen LogP contribution in [0.4, 0.5) is 0 Å². The molecule has 0 spiro atoms. The highest BCUT2D eigenvalue weighted by atomic mass is 16.2.